The molecule has 0 fully saturated rings. The first-order valence-electron chi connectivity index (χ1n) is 8.03. The van der Waals surface area contributed by atoms with Crippen LogP contribution in [0.2, 0.25) is 0 Å². The fourth-order valence-corrected chi connectivity index (χ4v) is 2.73. The summed E-state index contributed by atoms with van der Waals surface area (Å²) in [6.45, 7) is 7.51. The molecule has 0 amide bonds. The molecule has 1 atom stereocenters. The van der Waals surface area contributed by atoms with Crippen LogP contribution in [0.4, 0.5) is 0 Å². The second-order valence-corrected chi connectivity index (χ2v) is 5.38. The van der Waals surface area contributed by atoms with E-state index in [0.29, 0.717) is 6.04 Å². The monoisotopic (exact) mass is 282 g/mol. The van der Waals surface area contributed by atoms with Crippen LogP contribution in [0.1, 0.15) is 49.2 Å². The Morgan fingerprint density at radius 3 is 2.43 bits per heavy atom. The molecule has 0 aliphatic rings. The normalized spacial score (nSPS) is 12.3. The lowest BCUT2D eigenvalue weighted by Crippen LogP contribution is -2.24. The van der Waals surface area contributed by atoms with E-state index in [1.165, 1.54) is 16.7 Å². The predicted molar refractivity (Wildman–Crippen MR) is 89.6 cm³/mol. The van der Waals surface area contributed by atoms with Crippen molar-refractivity contribution in [3.63, 3.8) is 0 Å². The van der Waals surface area contributed by atoms with E-state index in [0.717, 1.165) is 31.5 Å². The van der Waals surface area contributed by atoms with Gasteiger partial charge in [-0.05, 0) is 42.1 Å². The standard InChI is InChI=1S/C19H26N2/c1-4-15-11-12-17(21-14-15)13-19(20-6-3)18-10-8-7-9-16(18)5-2/h7-12,14,19-20H,4-6,13H2,1-3H3. The van der Waals surface area contributed by atoms with Gasteiger partial charge >= 0.3 is 0 Å². The highest BCUT2D eigenvalue weighted by molar-refractivity contribution is 5.31. The minimum Gasteiger partial charge on any atom is -0.310 e. The molecule has 2 heteroatoms. The minimum atomic E-state index is 0.339. The highest BCUT2D eigenvalue weighted by Crippen LogP contribution is 2.22. The molecule has 112 valence electrons. The van der Waals surface area contributed by atoms with Crippen molar-refractivity contribution in [2.75, 3.05) is 6.54 Å². The number of nitrogens with one attached hydrogen (secondary N) is 1. The Morgan fingerprint density at radius 1 is 1.00 bits per heavy atom. The molecule has 0 aliphatic heterocycles. The maximum Gasteiger partial charge on any atom is 0.0422 e. The molecule has 2 rings (SSSR count). The summed E-state index contributed by atoms with van der Waals surface area (Å²) in [5.74, 6) is 0. The first-order chi connectivity index (χ1) is 10.3. The maximum atomic E-state index is 4.61. The Morgan fingerprint density at radius 2 is 1.81 bits per heavy atom. The summed E-state index contributed by atoms with van der Waals surface area (Å²) in [6, 6.07) is 13.4. The molecule has 1 aromatic carbocycles. The zero-order chi connectivity index (χ0) is 15.1. The van der Waals surface area contributed by atoms with Crippen LogP contribution < -0.4 is 5.32 Å². The Balaban J connectivity index is 2.21. The number of aryl methyl sites for hydroxylation is 2. The molecule has 1 N–H and O–H groups in total. The summed E-state index contributed by atoms with van der Waals surface area (Å²) in [6.07, 6.45) is 5.06. The summed E-state index contributed by atoms with van der Waals surface area (Å²) in [4.78, 5) is 4.61. The van der Waals surface area contributed by atoms with Crippen molar-refractivity contribution < 1.29 is 0 Å². The summed E-state index contributed by atoms with van der Waals surface area (Å²) in [5.41, 5.74) is 5.29. The van der Waals surface area contributed by atoms with Crippen LogP contribution >= 0.6 is 0 Å². The predicted octanol–water partition coefficient (Wildman–Crippen LogP) is 4.10. The quantitative estimate of drug-likeness (QED) is 0.827. The van der Waals surface area contributed by atoms with E-state index >= 15 is 0 Å². The Labute approximate surface area is 128 Å². The second kappa shape index (κ2) is 7.94. The molecule has 0 aliphatic carbocycles. The Bertz CT molecular complexity index is 546. The zero-order valence-corrected chi connectivity index (χ0v) is 13.4. The zero-order valence-electron chi connectivity index (χ0n) is 13.4. The van der Waals surface area contributed by atoms with Crippen molar-refractivity contribution in [3.05, 3.63) is 65.0 Å². The van der Waals surface area contributed by atoms with E-state index < -0.39 is 0 Å². The number of aromatic nitrogens is 1. The van der Waals surface area contributed by atoms with Crippen molar-refractivity contribution in [2.24, 2.45) is 0 Å². The fraction of sp³-hybridized carbons (Fsp3) is 0.421. The van der Waals surface area contributed by atoms with Gasteiger partial charge in [0.1, 0.15) is 0 Å². The van der Waals surface area contributed by atoms with Crippen LogP contribution in [0.5, 0.6) is 0 Å². The van der Waals surface area contributed by atoms with Gasteiger partial charge in [0.15, 0.2) is 0 Å². The molecular formula is C19H26N2. The number of benzene rings is 1. The van der Waals surface area contributed by atoms with Crippen LogP contribution in [0.25, 0.3) is 0 Å². The minimum absolute atomic E-state index is 0.339. The molecule has 0 radical (unpaired) electrons. The van der Waals surface area contributed by atoms with E-state index in [1.54, 1.807) is 0 Å². The van der Waals surface area contributed by atoms with Crippen molar-refractivity contribution in [1.29, 1.82) is 0 Å². The average molecular weight is 282 g/mol. The summed E-state index contributed by atoms with van der Waals surface area (Å²) < 4.78 is 0. The molecule has 2 nitrogen and oxygen atoms in total. The second-order valence-electron chi connectivity index (χ2n) is 5.38. The molecule has 0 spiro atoms. The van der Waals surface area contributed by atoms with Crippen LogP contribution in [-0.4, -0.2) is 11.5 Å². The molecule has 0 saturated heterocycles. The van der Waals surface area contributed by atoms with Gasteiger partial charge in [0.2, 0.25) is 0 Å². The van der Waals surface area contributed by atoms with Crippen molar-refractivity contribution in [1.82, 2.24) is 10.3 Å². The molecule has 1 aromatic heterocycles. The van der Waals surface area contributed by atoms with Crippen LogP contribution in [0, 0.1) is 0 Å². The van der Waals surface area contributed by atoms with E-state index in [-0.39, 0.29) is 0 Å². The van der Waals surface area contributed by atoms with Crippen molar-refractivity contribution in [3.8, 4) is 0 Å². The highest BCUT2D eigenvalue weighted by Gasteiger charge is 2.14. The van der Waals surface area contributed by atoms with Crippen molar-refractivity contribution >= 4 is 0 Å². The van der Waals surface area contributed by atoms with Gasteiger partial charge in [-0.1, -0.05) is 51.1 Å². The smallest absolute Gasteiger partial charge is 0.0422 e. The van der Waals surface area contributed by atoms with Gasteiger partial charge in [-0.25, -0.2) is 0 Å². The number of rotatable bonds is 7. The molecule has 0 saturated carbocycles. The molecule has 1 heterocycles. The lowest BCUT2D eigenvalue weighted by atomic mass is 9.95. The van der Waals surface area contributed by atoms with Crippen LogP contribution in [0.15, 0.2) is 42.6 Å². The molecule has 2 aromatic rings. The lowest BCUT2D eigenvalue weighted by molar-refractivity contribution is 0.540. The van der Waals surface area contributed by atoms with Crippen molar-refractivity contribution in [2.45, 2.75) is 46.1 Å². The molecule has 1 unspecified atom stereocenters. The third kappa shape index (κ3) is 4.15. The summed E-state index contributed by atoms with van der Waals surface area (Å²) in [7, 11) is 0. The summed E-state index contributed by atoms with van der Waals surface area (Å²) >= 11 is 0. The van der Waals surface area contributed by atoms with E-state index in [2.05, 4.69) is 67.5 Å². The fourth-order valence-electron chi connectivity index (χ4n) is 2.73. The highest BCUT2D eigenvalue weighted by atomic mass is 14.9. The van der Waals surface area contributed by atoms with Gasteiger partial charge in [-0.2, -0.15) is 0 Å². The van der Waals surface area contributed by atoms with Gasteiger partial charge in [0.05, 0.1) is 0 Å². The van der Waals surface area contributed by atoms with Gasteiger partial charge in [-0.3, -0.25) is 4.98 Å². The molecular weight excluding hydrogens is 256 g/mol. The van der Waals surface area contributed by atoms with E-state index in [9.17, 15) is 0 Å². The number of hydrogen-bond donors (Lipinski definition) is 1. The van der Waals surface area contributed by atoms with E-state index in [1.807, 2.05) is 6.20 Å². The number of likely N-dealkylation sites (N-methyl/N-ethyl adjacent to an activating group) is 1. The van der Waals surface area contributed by atoms with Gasteiger partial charge in [0.25, 0.3) is 0 Å². The first kappa shape index (κ1) is 15.7. The van der Waals surface area contributed by atoms with Crippen LogP contribution in [-0.2, 0) is 19.3 Å². The van der Waals surface area contributed by atoms with Gasteiger partial charge < -0.3 is 5.32 Å². The number of nitrogens with zero attached hydrogens (tertiary/aromatic N) is 1. The third-order valence-electron chi connectivity index (χ3n) is 3.97. The lowest BCUT2D eigenvalue weighted by Gasteiger charge is -2.21. The number of pyridine rings is 1. The largest absolute Gasteiger partial charge is 0.310 e. The Kier molecular flexibility index (Phi) is 5.94. The first-order valence-corrected chi connectivity index (χ1v) is 8.03. The van der Waals surface area contributed by atoms with Gasteiger partial charge in [0, 0.05) is 24.4 Å². The SMILES string of the molecule is CCNC(Cc1ccc(CC)cn1)c1ccccc1CC. The average Bonchev–Trinajstić information content (AvgIpc) is 2.55. The van der Waals surface area contributed by atoms with E-state index in [4.69, 9.17) is 0 Å². The van der Waals surface area contributed by atoms with Crippen LogP contribution in [0.3, 0.4) is 0 Å². The maximum absolute atomic E-state index is 4.61. The summed E-state index contributed by atoms with van der Waals surface area (Å²) in [5, 5.41) is 3.61. The number of hydrogen-bond acceptors (Lipinski definition) is 2. The topological polar surface area (TPSA) is 24.9 Å². The molecule has 21 heavy (non-hydrogen) atoms. The third-order valence-corrected chi connectivity index (χ3v) is 3.97. The molecule has 0 bridgehead atoms. The Hall–Kier alpha value is -1.67. The van der Waals surface area contributed by atoms with Gasteiger partial charge in [-0.15, -0.1) is 0 Å².